The summed E-state index contributed by atoms with van der Waals surface area (Å²) in [5.41, 5.74) is -0.510. The molecule has 0 fully saturated rings. The van der Waals surface area contributed by atoms with Crippen LogP contribution in [0.2, 0.25) is 0 Å². The van der Waals surface area contributed by atoms with Crippen LogP contribution in [-0.4, -0.2) is 25.5 Å². The van der Waals surface area contributed by atoms with Crippen LogP contribution in [0.15, 0.2) is 48.8 Å². The van der Waals surface area contributed by atoms with Gasteiger partial charge in [-0.3, -0.25) is 9.48 Å². The van der Waals surface area contributed by atoms with Crippen molar-refractivity contribution in [3.05, 3.63) is 60.0 Å². The lowest BCUT2D eigenvalue weighted by atomic mass is 10.1. The summed E-state index contributed by atoms with van der Waals surface area (Å²) < 4.78 is 42.2. The van der Waals surface area contributed by atoms with Crippen LogP contribution in [0.1, 0.15) is 11.3 Å². The van der Waals surface area contributed by atoms with Crippen molar-refractivity contribution < 1.29 is 18.0 Å². The van der Waals surface area contributed by atoms with E-state index in [1.807, 2.05) is 0 Å². The Balaban J connectivity index is 1.93. The van der Waals surface area contributed by atoms with Crippen molar-refractivity contribution in [2.75, 3.05) is 5.32 Å². The summed E-state index contributed by atoms with van der Waals surface area (Å²) in [6.45, 7) is 1.58. The highest BCUT2D eigenvalue weighted by atomic mass is 19.4. The molecule has 130 valence electrons. The molecule has 0 aliphatic carbocycles. The standard InChI is InChI=1S/C16H14F3N5O/c1-11-9-14(21-15(25)10-23-8-4-7-20-23)24(22-11)13-6-3-2-5-12(13)16(17,18)19/h2-9H,10H2,1H3,(H,21,25). The van der Waals surface area contributed by atoms with Crippen molar-refractivity contribution in [1.29, 1.82) is 0 Å². The number of aryl methyl sites for hydroxylation is 1. The first-order valence-corrected chi connectivity index (χ1v) is 7.35. The molecule has 2 aromatic heterocycles. The Bertz CT molecular complexity index is 884. The van der Waals surface area contributed by atoms with Gasteiger partial charge in [0, 0.05) is 18.5 Å². The number of nitrogens with one attached hydrogen (secondary N) is 1. The Morgan fingerprint density at radius 1 is 1.24 bits per heavy atom. The molecular weight excluding hydrogens is 335 g/mol. The average Bonchev–Trinajstić information content (AvgIpc) is 3.16. The third-order valence-electron chi connectivity index (χ3n) is 3.40. The fourth-order valence-corrected chi connectivity index (χ4v) is 2.39. The number of nitrogens with zero attached hydrogens (tertiary/aromatic N) is 4. The van der Waals surface area contributed by atoms with Crippen molar-refractivity contribution in [3.8, 4) is 5.69 Å². The molecule has 0 bridgehead atoms. The number of rotatable bonds is 4. The van der Waals surface area contributed by atoms with Gasteiger partial charge in [-0.1, -0.05) is 12.1 Å². The van der Waals surface area contributed by atoms with Gasteiger partial charge in [-0.2, -0.15) is 23.4 Å². The van der Waals surface area contributed by atoms with Crippen LogP contribution in [0.5, 0.6) is 0 Å². The molecule has 25 heavy (non-hydrogen) atoms. The summed E-state index contributed by atoms with van der Waals surface area (Å²) in [6, 6.07) is 8.24. The molecule has 6 nitrogen and oxygen atoms in total. The fraction of sp³-hybridized carbons (Fsp3) is 0.188. The van der Waals surface area contributed by atoms with E-state index in [2.05, 4.69) is 15.5 Å². The van der Waals surface area contributed by atoms with E-state index in [0.717, 1.165) is 10.7 Å². The van der Waals surface area contributed by atoms with Crippen molar-refractivity contribution in [1.82, 2.24) is 19.6 Å². The zero-order valence-electron chi connectivity index (χ0n) is 13.2. The van der Waals surface area contributed by atoms with Crippen molar-refractivity contribution in [2.24, 2.45) is 0 Å². The van der Waals surface area contributed by atoms with Gasteiger partial charge in [0.1, 0.15) is 12.4 Å². The predicted octanol–water partition coefficient (Wildman–Crippen LogP) is 3.03. The molecular formula is C16H14F3N5O. The van der Waals surface area contributed by atoms with Gasteiger partial charge < -0.3 is 5.32 Å². The largest absolute Gasteiger partial charge is 0.418 e. The molecule has 0 radical (unpaired) electrons. The molecule has 1 aromatic carbocycles. The van der Waals surface area contributed by atoms with E-state index >= 15 is 0 Å². The van der Waals surface area contributed by atoms with Crippen LogP contribution in [0.4, 0.5) is 19.0 Å². The lowest BCUT2D eigenvalue weighted by Gasteiger charge is -2.15. The third-order valence-corrected chi connectivity index (χ3v) is 3.40. The van der Waals surface area contributed by atoms with Gasteiger partial charge in [0.2, 0.25) is 5.91 Å². The summed E-state index contributed by atoms with van der Waals surface area (Å²) in [6.07, 6.45) is -1.39. The third kappa shape index (κ3) is 3.70. The molecule has 3 rings (SSSR count). The number of hydrogen-bond donors (Lipinski definition) is 1. The quantitative estimate of drug-likeness (QED) is 0.787. The first-order chi connectivity index (χ1) is 11.8. The number of carbonyl (C=O) groups is 1. The minimum atomic E-state index is -4.53. The number of anilines is 1. The molecule has 0 spiro atoms. The Labute approximate surface area is 140 Å². The van der Waals surface area contributed by atoms with Gasteiger partial charge in [0.15, 0.2) is 0 Å². The smallest absolute Gasteiger partial charge is 0.309 e. The first kappa shape index (κ1) is 16.7. The first-order valence-electron chi connectivity index (χ1n) is 7.35. The molecule has 0 aliphatic rings. The van der Waals surface area contributed by atoms with Crippen LogP contribution in [0, 0.1) is 6.92 Å². The van der Waals surface area contributed by atoms with Gasteiger partial charge >= 0.3 is 6.18 Å². The van der Waals surface area contributed by atoms with E-state index in [4.69, 9.17) is 0 Å². The number of halogens is 3. The number of carbonyl (C=O) groups excluding carboxylic acids is 1. The maximum absolute atomic E-state index is 13.2. The number of para-hydroxylation sites is 1. The predicted molar refractivity (Wildman–Crippen MR) is 84.2 cm³/mol. The second kappa shape index (κ2) is 6.42. The molecule has 0 atom stereocenters. The Kier molecular flexibility index (Phi) is 4.30. The Morgan fingerprint density at radius 2 is 2.00 bits per heavy atom. The number of aromatic nitrogens is 4. The minimum Gasteiger partial charge on any atom is -0.309 e. The van der Waals surface area contributed by atoms with E-state index in [9.17, 15) is 18.0 Å². The molecule has 0 saturated heterocycles. The molecule has 2 heterocycles. The normalized spacial score (nSPS) is 11.5. The van der Waals surface area contributed by atoms with Crippen LogP contribution in [0.3, 0.4) is 0 Å². The van der Waals surface area contributed by atoms with Crippen LogP contribution >= 0.6 is 0 Å². The fourth-order valence-electron chi connectivity index (χ4n) is 2.39. The van der Waals surface area contributed by atoms with Crippen molar-refractivity contribution >= 4 is 11.7 Å². The minimum absolute atomic E-state index is 0.0574. The average molecular weight is 349 g/mol. The molecule has 1 amide bonds. The molecule has 9 heteroatoms. The molecule has 0 saturated carbocycles. The summed E-state index contributed by atoms with van der Waals surface area (Å²) in [4.78, 5) is 12.1. The molecule has 0 aliphatic heterocycles. The topological polar surface area (TPSA) is 64.7 Å². The number of hydrogen-bond acceptors (Lipinski definition) is 3. The van der Waals surface area contributed by atoms with Crippen molar-refractivity contribution in [2.45, 2.75) is 19.6 Å². The van der Waals surface area contributed by atoms with Crippen LogP contribution < -0.4 is 5.32 Å². The Hall–Kier alpha value is -3.10. The monoisotopic (exact) mass is 349 g/mol. The lowest BCUT2D eigenvalue weighted by molar-refractivity contribution is -0.137. The maximum Gasteiger partial charge on any atom is 0.418 e. The molecule has 0 unspecified atom stereocenters. The number of benzene rings is 1. The van der Waals surface area contributed by atoms with Crippen molar-refractivity contribution in [3.63, 3.8) is 0 Å². The van der Waals surface area contributed by atoms with E-state index in [0.29, 0.717) is 5.69 Å². The second-order valence-corrected chi connectivity index (χ2v) is 5.35. The molecule has 1 N–H and O–H groups in total. The van der Waals surface area contributed by atoms with E-state index in [1.165, 1.54) is 35.1 Å². The highest BCUT2D eigenvalue weighted by Gasteiger charge is 2.34. The summed E-state index contributed by atoms with van der Waals surface area (Å²) in [7, 11) is 0. The summed E-state index contributed by atoms with van der Waals surface area (Å²) in [5, 5.41) is 10.6. The summed E-state index contributed by atoms with van der Waals surface area (Å²) >= 11 is 0. The maximum atomic E-state index is 13.2. The number of alkyl halides is 3. The highest BCUT2D eigenvalue weighted by Crippen LogP contribution is 2.34. The highest BCUT2D eigenvalue weighted by molar-refractivity contribution is 5.90. The van der Waals surface area contributed by atoms with Gasteiger partial charge in [0.05, 0.1) is 16.9 Å². The van der Waals surface area contributed by atoms with E-state index < -0.39 is 17.6 Å². The van der Waals surface area contributed by atoms with E-state index in [1.54, 1.807) is 19.2 Å². The van der Waals surface area contributed by atoms with Crippen LogP contribution in [0.25, 0.3) is 5.69 Å². The van der Waals surface area contributed by atoms with Gasteiger partial charge in [0.25, 0.3) is 0 Å². The van der Waals surface area contributed by atoms with Gasteiger partial charge in [-0.05, 0) is 25.1 Å². The number of amides is 1. The zero-order chi connectivity index (χ0) is 18.0. The molecule has 3 aromatic rings. The second-order valence-electron chi connectivity index (χ2n) is 5.35. The SMILES string of the molecule is Cc1cc(NC(=O)Cn2cccn2)n(-c2ccccc2C(F)(F)F)n1. The van der Waals surface area contributed by atoms with E-state index in [-0.39, 0.29) is 18.1 Å². The Morgan fingerprint density at radius 3 is 2.68 bits per heavy atom. The van der Waals surface area contributed by atoms with Gasteiger partial charge in [-0.25, -0.2) is 4.68 Å². The summed E-state index contributed by atoms with van der Waals surface area (Å²) in [5.74, 6) is -0.263. The zero-order valence-corrected chi connectivity index (χ0v) is 13.2. The van der Waals surface area contributed by atoms with Gasteiger partial charge in [-0.15, -0.1) is 0 Å². The lowest BCUT2D eigenvalue weighted by Crippen LogP contribution is -2.21. The van der Waals surface area contributed by atoms with Crippen LogP contribution in [-0.2, 0) is 17.5 Å².